The van der Waals surface area contributed by atoms with E-state index in [0.29, 0.717) is 32.1 Å². The average molecular weight is 855 g/mol. The largest absolute Gasteiger partial charge is 0.481 e. The van der Waals surface area contributed by atoms with Crippen molar-refractivity contribution in [2.45, 2.75) is 210 Å². The maximum atomic E-state index is 12.9. The minimum absolute atomic E-state index is 0.231. The van der Waals surface area contributed by atoms with Crippen LogP contribution in [0.15, 0.2) is 0 Å². The van der Waals surface area contributed by atoms with Gasteiger partial charge in [0.05, 0.1) is 37.8 Å². The molecule has 19 nitrogen and oxygen atoms in total. The summed E-state index contributed by atoms with van der Waals surface area (Å²) >= 11 is 0. The van der Waals surface area contributed by atoms with Gasteiger partial charge >= 0.3 is 23.9 Å². The van der Waals surface area contributed by atoms with Crippen molar-refractivity contribution in [1.82, 2.24) is 0 Å². The van der Waals surface area contributed by atoms with Crippen LogP contribution in [0.2, 0.25) is 0 Å². The summed E-state index contributed by atoms with van der Waals surface area (Å²) in [6.07, 6.45) is -8.11. The Balaban J connectivity index is 1.97. The number of esters is 3. The molecule has 0 bridgehead atoms. The van der Waals surface area contributed by atoms with E-state index in [4.69, 9.17) is 38.3 Å². The van der Waals surface area contributed by atoms with Gasteiger partial charge in [-0.15, -0.1) is 0 Å². The minimum atomic E-state index is -1.87. The summed E-state index contributed by atoms with van der Waals surface area (Å²) in [5.74, 6) is -3.40. The van der Waals surface area contributed by atoms with E-state index in [1.54, 1.807) is 0 Å². The third-order valence-corrected chi connectivity index (χ3v) is 10.2. The highest BCUT2D eigenvalue weighted by molar-refractivity contribution is 5.70. The zero-order chi connectivity index (χ0) is 43.9. The van der Waals surface area contributed by atoms with E-state index in [1.165, 1.54) is 0 Å². The molecule has 0 aliphatic carbocycles. The lowest BCUT2D eigenvalue weighted by Gasteiger charge is -2.46. The molecule has 0 saturated carbocycles. The molecule has 2 fully saturated rings. The van der Waals surface area contributed by atoms with Crippen LogP contribution >= 0.6 is 0 Å². The van der Waals surface area contributed by atoms with Crippen LogP contribution < -0.4 is 0 Å². The van der Waals surface area contributed by atoms with Gasteiger partial charge < -0.3 is 74.0 Å². The van der Waals surface area contributed by atoms with Crippen molar-refractivity contribution in [2.75, 3.05) is 19.8 Å². The molecule has 2 aliphatic rings. The number of ether oxygens (including phenoxy) is 7. The second-order valence-electron chi connectivity index (χ2n) is 15.6. The highest BCUT2D eigenvalue weighted by Crippen LogP contribution is 2.32. The summed E-state index contributed by atoms with van der Waals surface area (Å²) in [6, 6.07) is 0. The molecule has 0 amide bonds. The highest BCUT2D eigenvalue weighted by atomic mass is 16.8. The van der Waals surface area contributed by atoms with Crippen molar-refractivity contribution >= 4 is 23.9 Å². The predicted octanol–water partition coefficient (Wildman–Crippen LogP) is 1.14. The quantitative estimate of drug-likeness (QED) is 0.0285. The fourth-order valence-electron chi connectivity index (χ4n) is 6.89. The maximum absolute atomic E-state index is 12.9. The Morgan fingerprint density at radius 3 is 1.59 bits per heavy atom. The number of aliphatic hydroxyl groups is 7. The Hall–Kier alpha value is -2.56. The maximum Gasteiger partial charge on any atom is 0.308 e. The van der Waals surface area contributed by atoms with Crippen LogP contribution in [0.5, 0.6) is 0 Å². The molecule has 0 aromatic rings. The van der Waals surface area contributed by atoms with Crippen LogP contribution in [-0.4, -0.2) is 164 Å². The van der Waals surface area contributed by atoms with E-state index >= 15 is 0 Å². The van der Waals surface area contributed by atoms with Crippen molar-refractivity contribution in [1.29, 1.82) is 0 Å². The summed E-state index contributed by atoms with van der Waals surface area (Å²) in [5.41, 5.74) is 0. The number of hydrogen-bond acceptors (Lipinski definition) is 18. The SMILES string of the molecule is CCCCCC(O)CC(=O)OC1C(OC2C(COC(C)=O)OC(OCC(O)CCCCCCCCCCCC(O)CC(=O)O)C(O)C2O)OC(COC(C)=O)C(O)C1O. The molecular weight excluding hydrogens is 784 g/mol. The molecule has 8 N–H and O–H groups in total. The Labute approximate surface area is 346 Å². The van der Waals surface area contributed by atoms with Gasteiger partial charge in [-0.1, -0.05) is 84.0 Å². The molecule has 13 atom stereocenters. The first-order valence-electron chi connectivity index (χ1n) is 21.1. The second-order valence-corrected chi connectivity index (χ2v) is 15.6. The molecule has 344 valence electrons. The van der Waals surface area contributed by atoms with E-state index in [9.17, 15) is 54.9 Å². The lowest BCUT2D eigenvalue weighted by atomic mass is 9.96. The fourth-order valence-corrected chi connectivity index (χ4v) is 6.89. The van der Waals surface area contributed by atoms with Crippen molar-refractivity contribution in [3.63, 3.8) is 0 Å². The van der Waals surface area contributed by atoms with Gasteiger partial charge in [-0.05, 0) is 19.3 Å². The molecule has 59 heavy (non-hydrogen) atoms. The first-order chi connectivity index (χ1) is 28.0. The summed E-state index contributed by atoms with van der Waals surface area (Å²) in [4.78, 5) is 46.8. The number of hydrogen-bond donors (Lipinski definition) is 8. The summed E-state index contributed by atoms with van der Waals surface area (Å²) in [5, 5.41) is 83.5. The molecule has 13 unspecified atom stereocenters. The monoisotopic (exact) mass is 854 g/mol. The molecule has 0 aromatic carbocycles. The van der Waals surface area contributed by atoms with Gasteiger partial charge in [0.15, 0.2) is 18.7 Å². The molecule has 0 spiro atoms. The Morgan fingerprint density at radius 1 is 0.576 bits per heavy atom. The van der Waals surface area contributed by atoms with E-state index in [2.05, 4.69) is 0 Å². The summed E-state index contributed by atoms with van der Waals surface area (Å²) in [6.45, 7) is 2.89. The number of aliphatic carboxylic acids is 1. The number of carboxylic acid groups (broad SMARTS) is 1. The lowest BCUT2D eigenvalue weighted by Crippen LogP contribution is -2.65. The molecule has 2 saturated heterocycles. The topological polar surface area (TPSA) is 295 Å². The van der Waals surface area contributed by atoms with Crippen LogP contribution in [0.1, 0.15) is 130 Å². The van der Waals surface area contributed by atoms with Crippen molar-refractivity contribution in [3.05, 3.63) is 0 Å². The Morgan fingerprint density at radius 2 is 1.05 bits per heavy atom. The van der Waals surface area contributed by atoms with Gasteiger partial charge in [-0.2, -0.15) is 0 Å². The molecular formula is C40H70O19. The Bertz CT molecular complexity index is 1210. The first kappa shape index (κ1) is 52.6. The first-order valence-corrected chi connectivity index (χ1v) is 21.1. The van der Waals surface area contributed by atoms with Crippen LogP contribution in [0.3, 0.4) is 0 Å². The molecule has 2 aliphatic heterocycles. The van der Waals surface area contributed by atoms with Gasteiger partial charge in [0.2, 0.25) is 0 Å². The normalized spacial score (nSPS) is 28.6. The third-order valence-electron chi connectivity index (χ3n) is 10.2. The molecule has 0 aromatic heterocycles. The highest BCUT2D eigenvalue weighted by Gasteiger charge is 2.53. The van der Waals surface area contributed by atoms with Gasteiger partial charge in [-0.25, -0.2) is 0 Å². The molecule has 2 rings (SSSR count). The lowest BCUT2D eigenvalue weighted by molar-refractivity contribution is -0.361. The molecule has 2 heterocycles. The van der Waals surface area contributed by atoms with Crippen LogP contribution in [0.25, 0.3) is 0 Å². The summed E-state index contributed by atoms with van der Waals surface area (Å²) < 4.78 is 38.8. The number of carboxylic acids is 1. The molecule has 19 heteroatoms. The Kier molecular flexibility index (Phi) is 25.7. The van der Waals surface area contributed by atoms with Crippen molar-refractivity contribution in [3.8, 4) is 0 Å². The number of aliphatic hydroxyl groups excluding tert-OH is 7. The zero-order valence-corrected chi connectivity index (χ0v) is 34.7. The summed E-state index contributed by atoms with van der Waals surface area (Å²) in [7, 11) is 0. The van der Waals surface area contributed by atoms with Crippen LogP contribution in [0.4, 0.5) is 0 Å². The van der Waals surface area contributed by atoms with E-state index in [0.717, 1.165) is 78.1 Å². The van der Waals surface area contributed by atoms with Crippen LogP contribution in [0, 0.1) is 0 Å². The zero-order valence-electron chi connectivity index (χ0n) is 34.7. The van der Waals surface area contributed by atoms with Crippen molar-refractivity contribution in [2.24, 2.45) is 0 Å². The minimum Gasteiger partial charge on any atom is -0.481 e. The van der Waals surface area contributed by atoms with Gasteiger partial charge in [0, 0.05) is 13.8 Å². The number of carbonyl (C=O) groups is 4. The van der Waals surface area contributed by atoms with E-state index in [1.807, 2.05) is 6.92 Å². The van der Waals surface area contributed by atoms with Crippen molar-refractivity contribution < 1.29 is 93.2 Å². The number of rotatable bonds is 30. The number of unbranched alkanes of at least 4 members (excludes halogenated alkanes) is 10. The smallest absolute Gasteiger partial charge is 0.308 e. The van der Waals surface area contributed by atoms with Gasteiger partial charge in [-0.3, -0.25) is 19.2 Å². The fraction of sp³-hybridized carbons (Fsp3) is 0.900. The average Bonchev–Trinajstić information content (AvgIpc) is 3.16. The predicted molar refractivity (Wildman–Crippen MR) is 205 cm³/mol. The van der Waals surface area contributed by atoms with E-state index < -0.39 is 123 Å². The second kappa shape index (κ2) is 28.9. The van der Waals surface area contributed by atoms with Gasteiger partial charge in [0.1, 0.15) is 55.9 Å². The van der Waals surface area contributed by atoms with E-state index in [-0.39, 0.29) is 13.0 Å². The molecule has 0 radical (unpaired) electrons. The standard InChI is InChI=1S/C40H70O19/c1-4-5-13-16-27(44)20-32(48)58-38-34(50)33(49)29(22-53-24(2)41)56-40(38)59-37-30(23-54-25(3)42)57-39(36(52)35(37)51)55-21-28(45)18-15-12-10-8-6-7-9-11-14-17-26(43)19-31(46)47/h26-30,33-40,43-45,49-52H,4-23H2,1-3H3,(H,46,47). The van der Waals surface area contributed by atoms with Crippen LogP contribution in [-0.2, 0) is 52.3 Å². The van der Waals surface area contributed by atoms with Gasteiger partial charge in [0.25, 0.3) is 0 Å². The third kappa shape index (κ3) is 20.7. The number of carbonyl (C=O) groups excluding carboxylic acids is 3.